The number of fused-ring (bicyclic) bond motifs is 1. The molecule has 0 unspecified atom stereocenters. The fourth-order valence-electron chi connectivity index (χ4n) is 2.80. The predicted octanol–water partition coefficient (Wildman–Crippen LogP) is 4.02. The van der Waals surface area contributed by atoms with Gasteiger partial charge >= 0.3 is 5.97 Å². The molecular formula is C20H19NO4. The molecule has 0 aliphatic heterocycles. The molecule has 0 bridgehead atoms. The molecule has 0 saturated heterocycles. The summed E-state index contributed by atoms with van der Waals surface area (Å²) in [6.07, 6.45) is 1.76. The molecule has 0 aliphatic rings. The zero-order chi connectivity index (χ0) is 18.0. The van der Waals surface area contributed by atoms with Gasteiger partial charge in [-0.05, 0) is 37.1 Å². The highest BCUT2D eigenvalue weighted by Gasteiger charge is 2.17. The van der Waals surface area contributed by atoms with E-state index >= 15 is 0 Å². The maximum atomic E-state index is 12.5. The van der Waals surface area contributed by atoms with Crippen LogP contribution in [0.25, 0.3) is 11.0 Å². The zero-order valence-electron chi connectivity index (χ0n) is 14.4. The number of hydrogen-bond acceptors (Lipinski definition) is 4. The van der Waals surface area contributed by atoms with E-state index in [1.165, 1.54) is 7.11 Å². The van der Waals surface area contributed by atoms with E-state index in [0.717, 1.165) is 27.7 Å². The van der Waals surface area contributed by atoms with E-state index in [4.69, 9.17) is 9.15 Å². The minimum absolute atomic E-state index is 0.158. The van der Waals surface area contributed by atoms with Crippen molar-refractivity contribution in [2.45, 2.75) is 20.3 Å². The fourth-order valence-corrected chi connectivity index (χ4v) is 2.80. The Labute approximate surface area is 145 Å². The maximum absolute atomic E-state index is 12.5. The Bertz CT molecular complexity index is 955. The molecule has 128 valence electrons. The van der Waals surface area contributed by atoms with Gasteiger partial charge in [-0.25, -0.2) is 4.79 Å². The van der Waals surface area contributed by atoms with Crippen LogP contribution in [-0.4, -0.2) is 19.0 Å². The second-order valence-electron chi connectivity index (χ2n) is 5.97. The topological polar surface area (TPSA) is 68.5 Å². The van der Waals surface area contributed by atoms with E-state index in [0.29, 0.717) is 11.3 Å². The van der Waals surface area contributed by atoms with Crippen LogP contribution in [-0.2, 0) is 16.0 Å². The number of methoxy groups -OCH3 is 1. The predicted molar refractivity (Wildman–Crippen MR) is 95.8 cm³/mol. The van der Waals surface area contributed by atoms with Gasteiger partial charge in [0.1, 0.15) is 5.58 Å². The van der Waals surface area contributed by atoms with Crippen molar-refractivity contribution in [3.05, 3.63) is 64.9 Å². The molecule has 0 atom stereocenters. The van der Waals surface area contributed by atoms with Gasteiger partial charge in [-0.2, -0.15) is 0 Å². The molecule has 1 N–H and O–H groups in total. The molecule has 0 saturated carbocycles. The highest BCUT2D eigenvalue weighted by atomic mass is 16.5. The van der Waals surface area contributed by atoms with Crippen LogP contribution in [0.5, 0.6) is 0 Å². The van der Waals surface area contributed by atoms with Gasteiger partial charge < -0.3 is 14.5 Å². The van der Waals surface area contributed by atoms with E-state index < -0.39 is 5.97 Å². The lowest BCUT2D eigenvalue weighted by atomic mass is 10.1. The van der Waals surface area contributed by atoms with Gasteiger partial charge in [0.15, 0.2) is 0 Å². The quantitative estimate of drug-likeness (QED) is 0.730. The number of para-hydroxylation sites is 1. The number of aryl methyl sites for hydroxylation is 2. The summed E-state index contributed by atoms with van der Waals surface area (Å²) < 4.78 is 10.3. The molecule has 5 heteroatoms. The van der Waals surface area contributed by atoms with Gasteiger partial charge in [-0.3, -0.25) is 4.79 Å². The van der Waals surface area contributed by atoms with E-state index in [-0.39, 0.29) is 12.3 Å². The highest BCUT2D eigenvalue weighted by Crippen LogP contribution is 2.25. The van der Waals surface area contributed by atoms with Crippen LogP contribution in [0.2, 0.25) is 0 Å². The van der Waals surface area contributed by atoms with Crippen LogP contribution >= 0.6 is 0 Å². The highest BCUT2D eigenvalue weighted by molar-refractivity contribution is 6.03. The Balaban J connectivity index is 1.84. The van der Waals surface area contributed by atoms with E-state index in [9.17, 15) is 9.59 Å². The summed E-state index contributed by atoms with van der Waals surface area (Å²) in [6.45, 7) is 3.82. The Morgan fingerprint density at radius 1 is 1.16 bits per heavy atom. The second kappa shape index (κ2) is 6.81. The number of furan rings is 1. The molecule has 1 aromatic heterocycles. The van der Waals surface area contributed by atoms with Crippen LogP contribution in [0.3, 0.4) is 0 Å². The van der Waals surface area contributed by atoms with E-state index in [1.54, 1.807) is 18.4 Å². The van der Waals surface area contributed by atoms with E-state index in [2.05, 4.69) is 5.32 Å². The molecule has 1 heterocycles. The molecular weight excluding hydrogens is 318 g/mol. The van der Waals surface area contributed by atoms with Crippen molar-refractivity contribution in [3.63, 3.8) is 0 Å². The van der Waals surface area contributed by atoms with E-state index in [1.807, 2.05) is 38.1 Å². The summed E-state index contributed by atoms with van der Waals surface area (Å²) in [5.74, 6) is -0.703. The Morgan fingerprint density at radius 3 is 2.72 bits per heavy atom. The Morgan fingerprint density at radius 2 is 1.96 bits per heavy atom. The fraction of sp³-hybridized carbons (Fsp3) is 0.200. The number of benzene rings is 2. The summed E-state index contributed by atoms with van der Waals surface area (Å²) in [7, 11) is 1.32. The van der Waals surface area contributed by atoms with Crippen LogP contribution in [0.15, 0.2) is 47.1 Å². The minimum atomic E-state index is -0.483. The van der Waals surface area contributed by atoms with Crippen LogP contribution in [0.1, 0.15) is 27.0 Å². The van der Waals surface area contributed by atoms with Gasteiger partial charge in [0.2, 0.25) is 5.91 Å². The molecule has 0 radical (unpaired) electrons. The summed E-state index contributed by atoms with van der Waals surface area (Å²) in [4.78, 5) is 24.4. The van der Waals surface area contributed by atoms with Crippen molar-refractivity contribution in [3.8, 4) is 0 Å². The summed E-state index contributed by atoms with van der Waals surface area (Å²) >= 11 is 0. The number of nitrogens with one attached hydrogen (secondary N) is 1. The first-order valence-electron chi connectivity index (χ1n) is 7.94. The van der Waals surface area contributed by atoms with Crippen LogP contribution in [0.4, 0.5) is 5.69 Å². The van der Waals surface area contributed by atoms with Gasteiger partial charge in [0, 0.05) is 10.9 Å². The average Bonchev–Trinajstić information content (AvgIpc) is 2.97. The first-order valence-corrected chi connectivity index (χ1v) is 7.94. The molecule has 25 heavy (non-hydrogen) atoms. The third kappa shape index (κ3) is 3.40. The SMILES string of the molecule is COC(=O)c1cccc(C)c1NC(=O)Cc1coc2cc(C)ccc12. The Hall–Kier alpha value is -3.08. The summed E-state index contributed by atoms with van der Waals surface area (Å²) in [5.41, 5.74) is 4.27. The molecule has 2 aromatic carbocycles. The van der Waals surface area contributed by atoms with Crippen molar-refractivity contribution in [1.29, 1.82) is 0 Å². The number of anilines is 1. The lowest BCUT2D eigenvalue weighted by Crippen LogP contribution is -2.18. The molecule has 3 aromatic rings. The first kappa shape index (κ1) is 16.8. The lowest BCUT2D eigenvalue weighted by molar-refractivity contribution is -0.115. The molecule has 5 nitrogen and oxygen atoms in total. The van der Waals surface area contributed by atoms with Gasteiger partial charge in [0.05, 0.1) is 31.0 Å². The van der Waals surface area contributed by atoms with Crippen molar-refractivity contribution < 1.29 is 18.7 Å². The molecule has 1 amide bonds. The number of carbonyl (C=O) groups is 2. The maximum Gasteiger partial charge on any atom is 0.339 e. The van der Waals surface area contributed by atoms with Gasteiger partial charge in [0.25, 0.3) is 0 Å². The number of rotatable bonds is 4. The average molecular weight is 337 g/mol. The zero-order valence-corrected chi connectivity index (χ0v) is 14.4. The second-order valence-corrected chi connectivity index (χ2v) is 5.97. The molecule has 0 spiro atoms. The van der Waals surface area contributed by atoms with Crippen LogP contribution < -0.4 is 5.32 Å². The third-order valence-electron chi connectivity index (χ3n) is 4.10. The van der Waals surface area contributed by atoms with Gasteiger partial charge in [-0.1, -0.05) is 24.3 Å². The molecule has 3 rings (SSSR count). The van der Waals surface area contributed by atoms with Crippen LogP contribution in [0, 0.1) is 13.8 Å². The Kier molecular flexibility index (Phi) is 4.57. The largest absolute Gasteiger partial charge is 0.465 e. The monoisotopic (exact) mass is 337 g/mol. The number of carbonyl (C=O) groups excluding carboxylic acids is 2. The normalized spacial score (nSPS) is 10.7. The number of amides is 1. The standard InChI is InChI=1S/C20H19NO4/c1-12-7-8-15-14(11-25-17(15)9-12)10-18(22)21-19-13(2)5-4-6-16(19)20(23)24-3/h4-9,11H,10H2,1-3H3,(H,21,22). The van der Waals surface area contributed by atoms with Crippen molar-refractivity contribution >= 4 is 28.5 Å². The third-order valence-corrected chi connectivity index (χ3v) is 4.10. The molecule has 0 aliphatic carbocycles. The van der Waals surface area contributed by atoms with Crippen molar-refractivity contribution in [1.82, 2.24) is 0 Å². The molecule has 0 fully saturated rings. The summed E-state index contributed by atoms with van der Waals surface area (Å²) in [5, 5.41) is 3.74. The van der Waals surface area contributed by atoms with Gasteiger partial charge in [-0.15, -0.1) is 0 Å². The summed E-state index contributed by atoms with van der Waals surface area (Å²) in [6, 6.07) is 11.1. The smallest absolute Gasteiger partial charge is 0.339 e. The first-order chi connectivity index (χ1) is 12.0. The van der Waals surface area contributed by atoms with Crippen molar-refractivity contribution in [2.24, 2.45) is 0 Å². The number of hydrogen-bond donors (Lipinski definition) is 1. The lowest BCUT2D eigenvalue weighted by Gasteiger charge is -2.12. The number of ether oxygens (including phenoxy) is 1. The van der Waals surface area contributed by atoms with Crippen molar-refractivity contribution in [2.75, 3.05) is 12.4 Å². The number of esters is 1. The minimum Gasteiger partial charge on any atom is -0.465 e.